The van der Waals surface area contributed by atoms with E-state index in [9.17, 15) is 19.4 Å². The second-order valence-electron chi connectivity index (χ2n) is 27.0. The fraction of sp³-hybridized carbons (Fsp3) is 0.787. The van der Waals surface area contributed by atoms with Crippen LogP contribution < -0.4 is 10.2 Å². The highest BCUT2D eigenvalue weighted by atomic mass is 31.2. The molecule has 0 saturated carbocycles. The molecule has 0 fully saturated rings. The molecule has 8 nitrogen and oxygen atoms in total. The molecule has 89 heavy (non-hydrogen) atoms. The molecule has 3 atom stereocenters. The predicted octanol–water partition coefficient (Wildman–Crippen LogP) is 24.2. The van der Waals surface area contributed by atoms with Crippen molar-refractivity contribution in [1.29, 1.82) is 0 Å². The Morgan fingerprint density at radius 1 is 0.404 bits per heavy atom. The predicted molar refractivity (Wildman–Crippen MR) is 390 cm³/mol. The normalized spacial score (nSPS) is 14.1. The summed E-state index contributed by atoms with van der Waals surface area (Å²) in [6, 6.07) is -0.806. The van der Waals surface area contributed by atoms with Crippen LogP contribution in [0.2, 0.25) is 0 Å². The summed E-state index contributed by atoms with van der Waals surface area (Å²) in [4.78, 5) is 25.7. The lowest BCUT2D eigenvalue weighted by molar-refractivity contribution is -0.870. The number of aliphatic hydroxyl groups excluding tert-OH is 1. The quantitative estimate of drug-likeness (QED) is 0.0272. The summed E-state index contributed by atoms with van der Waals surface area (Å²) in [5.74, 6) is -0.162. The largest absolute Gasteiger partial charge is 0.756 e. The van der Waals surface area contributed by atoms with E-state index in [1.54, 1.807) is 0 Å². The Morgan fingerprint density at radius 3 is 1.00 bits per heavy atom. The van der Waals surface area contributed by atoms with E-state index in [0.29, 0.717) is 23.9 Å². The molecule has 3 unspecified atom stereocenters. The summed E-state index contributed by atoms with van der Waals surface area (Å²) in [5, 5.41) is 14.1. The lowest BCUT2D eigenvalue weighted by Crippen LogP contribution is -2.46. The zero-order chi connectivity index (χ0) is 64.8. The second-order valence-corrected chi connectivity index (χ2v) is 28.4. The summed E-state index contributed by atoms with van der Waals surface area (Å²) >= 11 is 0. The SMILES string of the molecule is CC/C=C\C/C=C\C/C=C\C/C=C\C/C=C\C/C=C\C/C=C\C/C=C\CCCCCCCCCCCCCCCCCCC(=O)NC(COP(=O)([O-])OCC[N+](C)(C)C)C(O)CCCCCCCCCCCCCCCCCCCCCCCCCCCC. The number of hydrogen-bond acceptors (Lipinski definition) is 6. The minimum Gasteiger partial charge on any atom is -0.756 e. The monoisotopic (exact) mass is 1260 g/mol. The molecular weight excluding hydrogens is 1120 g/mol. The van der Waals surface area contributed by atoms with Crippen LogP contribution in [0.25, 0.3) is 0 Å². The molecule has 0 aliphatic heterocycles. The van der Waals surface area contributed by atoms with Gasteiger partial charge in [0, 0.05) is 6.42 Å². The molecule has 2 N–H and O–H groups in total. The molecule has 0 rings (SSSR count). The van der Waals surface area contributed by atoms with Crippen LogP contribution in [0.5, 0.6) is 0 Å². The van der Waals surface area contributed by atoms with Gasteiger partial charge in [-0.25, -0.2) is 0 Å². The highest BCUT2D eigenvalue weighted by Crippen LogP contribution is 2.38. The van der Waals surface area contributed by atoms with Gasteiger partial charge < -0.3 is 28.8 Å². The number of nitrogens with zero attached hydrogens (tertiary/aromatic N) is 1. The molecule has 9 heteroatoms. The number of nitrogens with one attached hydrogen (secondary N) is 1. The number of unbranched alkanes of at least 4 members (excludes halogenated alkanes) is 41. The molecule has 0 aromatic rings. The molecule has 0 bridgehead atoms. The van der Waals surface area contributed by atoms with Gasteiger partial charge in [0.05, 0.1) is 39.9 Å². The van der Waals surface area contributed by atoms with Crippen molar-refractivity contribution in [2.45, 2.75) is 366 Å². The van der Waals surface area contributed by atoms with Gasteiger partial charge >= 0.3 is 0 Å². The summed E-state index contributed by atoms with van der Waals surface area (Å²) in [5.41, 5.74) is 0. The van der Waals surface area contributed by atoms with Crippen LogP contribution in [0.3, 0.4) is 0 Å². The van der Waals surface area contributed by atoms with Crippen LogP contribution in [0, 0.1) is 0 Å². The lowest BCUT2D eigenvalue weighted by atomic mass is 10.0. The van der Waals surface area contributed by atoms with Gasteiger partial charge in [-0.05, 0) is 77.0 Å². The molecule has 0 spiro atoms. The molecule has 518 valence electrons. The molecule has 0 aromatic heterocycles. The molecule has 0 aliphatic rings. The van der Waals surface area contributed by atoms with Crippen LogP contribution >= 0.6 is 7.82 Å². The van der Waals surface area contributed by atoms with Gasteiger partial charge in [-0.2, -0.15) is 0 Å². The van der Waals surface area contributed by atoms with Crippen LogP contribution in [0.4, 0.5) is 0 Å². The molecule has 0 radical (unpaired) electrons. The number of amides is 1. The van der Waals surface area contributed by atoms with E-state index in [-0.39, 0.29) is 19.1 Å². The third kappa shape index (κ3) is 72.7. The molecule has 0 saturated heterocycles. The Bertz CT molecular complexity index is 1780. The number of phosphoric acid groups is 1. The zero-order valence-corrected chi connectivity index (χ0v) is 60.3. The van der Waals surface area contributed by atoms with E-state index in [4.69, 9.17) is 9.05 Å². The first kappa shape index (κ1) is 86.4. The fourth-order valence-corrected chi connectivity index (χ4v) is 12.0. The van der Waals surface area contributed by atoms with Crippen molar-refractivity contribution in [1.82, 2.24) is 5.32 Å². The Morgan fingerprint density at radius 2 is 0.685 bits per heavy atom. The summed E-state index contributed by atoms with van der Waals surface area (Å²) < 4.78 is 23.6. The number of carbonyl (C=O) groups is 1. The summed E-state index contributed by atoms with van der Waals surface area (Å²) in [6.07, 6.45) is 101. The van der Waals surface area contributed by atoms with Crippen LogP contribution in [0.1, 0.15) is 354 Å². The maximum atomic E-state index is 13.1. The van der Waals surface area contributed by atoms with E-state index in [1.165, 1.54) is 238 Å². The highest BCUT2D eigenvalue weighted by Gasteiger charge is 2.24. The number of quaternary nitrogens is 1. The maximum absolute atomic E-state index is 13.1. The van der Waals surface area contributed by atoms with Gasteiger partial charge in [0.15, 0.2) is 0 Å². The Labute approximate surface area is 553 Å². The van der Waals surface area contributed by atoms with Gasteiger partial charge in [0.25, 0.3) is 7.82 Å². The number of aliphatic hydroxyl groups is 1. The number of allylic oxidation sites excluding steroid dienone is 16. The topological polar surface area (TPSA) is 108 Å². The Kier molecular flexibility index (Phi) is 67.7. The summed E-state index contributed by atoms with van der Waals surface area (Å²) in [6.45, 7) is 4.65. The average molecular weight is 1260 g/mol. The van der Waals surface area contributed by atoms with E-state index < -0.39 is 20.0 Å². The van der Waals surface area contributed by atoms with E-state index in [0.717, 1.165) is 89.9 Å². The van der Waals surface area contributed by atoms with Gasteiger partial charge in [0.2, 0.25) is 5.91 Å². The van der Waals surface area contributed by atoms with Crippen LogP contribution in [-0.2, 0) is 18.4 Å². The maximum Gasteiger partial charge on any atom is 0.268 e. The number of likely N-dealkylation sites (N-methyl/N-ethyl adjacent to an activating group) is 1. The molecule has 0 heterocycles. The smallest absolute Gasteiger partial charge is 0.268 e. The molecule has 1 amide bonds. The lowest BCUT2D eigenvalue weighted by Gasteiger charge is -2.30. The molecule has 0 aromatic carbocycles. The highest BCUT2D eigenvalue weighted by molar-refractivity contribution is 7.45. The minimum atomic E-state index is -4.59. The molecule has 0 aliphatic carbocycles. The first-order valence-electron chi connectivity index (χ1n) is 38.1. The van der Waals surface area contributed by atoms with E-state index in [1.807, 2.05) is 21.1 Å². The third-order valence-corrected chi connectivity index (χ3v) is 18.1. The van der Waals surface area contributed by atoms with Gasteiger partial charge in [-0.1, -0.05) is 368 Å². The second kappa shape index (κ2) is 69.8. The van der Waals surface area contributed by atoms with Crippen molar-refractivity contribution in [3.8, 4) is 0 Å². The zero-order valence-electron chi connectivity index (χ0n) is 59.4. The van der Waals surface area contributed by atoms with Gasteiger partial charge in [-0.3, -0.25) is 9.36 Å². The van der Waals surface area contributed by atoms with Crippen molar-refractivity contribution in [3.63, 3.8) is 0 Å². The van der Waals surface area contributed by atoms with Gasteiger partial charge in [0.1, 0.15) is 13.2 Å². The van der Waals surface area contributed by atoms with Crippen molar-refractivity contribution in [2.75, 3.05) is 40.9 Å². The fourth-order valence-electron chi connectivity index (χ4n) is 11.2. The van der Waals surface area contributed by atoms with Crippen LogP contribution in [0.15, 0.2) is 97.2 Å². The number of rotatable bonds is 70. The first-order valence-corrected chi connectivity index (χ1v) is 39.5. The Balaban J connectivity index is 3.98. The molecular formula is C80H147N2O6P. The standard InChI is InChI=1S/C80H147N2O6P/c1-6-8-10-12-14-16-18-20-22-24-26-28-30-32-34-35-36-37-38-39-40-41-42-43-44-45-46-47-48-50-52-54-56-58-60-62-64-66-68-70-72-74-80(84)81-78(77-88-89(85,86)87-76-75-82(3,4)5)79(83)73-71-69-67-65-63-61-59-57-55-53-51-49-33-31-29-27-25-23-21-19-17-15-13-11-9-7-2/h8,10,14,16,20,22,26,28,32,34,36-37,39-40,42-43,78-79,83H,6-7,9,11-13,15,17-19,21,23-25,27,29-31,33,35,38,41,44-77H2,1-5H3,(H-,81,84,85,86)/b10-8-,16-14-,22-20-,28-26-,34-32-,37-36-,40-39-,43-42-. The minimum absolute atomic E-state index is 0.0110. The van der Waals surface area contributed by atoms with Crippen molar-refractivity contribution in [3.05, 3.63) is 97.2 Å². The number of hydrogen-bond donors (Lipinski definition) is 2. The van der Waals surface area contributed by atoms with Crippen LogP contribution in [-0.4, -0.2) is 68.5 Å². The van der Waals surface area contributed by atoms with E-state index in [2.05, 4.69) is 116 Å². The van der Waals surface area contributed by atoms with Crippen molar-refractivity contribution < 1.29 is 32.9 Å². The third-order valence-electron chi connectivity index (χ3n) is 17.1. The Hall–Kier alpha value is -2.58. The number of phosphoric ester groups is 1. The van der Waals surface area contributed by atoms with E-state index >= 15 is 0 Å². The summed E-state index contributed by atoms with van der Waals surface area (Å²) in [7, 11) is 1.31. The van der Waals surface area contributed by atoms with Crippen molar-refractivity contribution in [2.24, 2.45) is 0 Å². The van der Waals surface area contributed by atoms with Gasteiger partial charge in [-0.15, -0.1) is 0 Å². The van der Waals surface area contributed by atoms with Crippen molar-refractivity contribution >= 4 is 13.7 Å². The first-order chi connectivity index (χ1) is 43.5. The number of carbonyl (C=O) groups excluding carboxylic acids is 1. The average Bonchev–Trinajstić information content (AvgIpc) is 3.61.